The van der Waals surface area contributed by atoms with Crippen molar-refractivity contribution in [1.82, 2.24) is 4.90 Å². The van der Waals surface area contributed by atoms with Crippen LogP contribution in [0.4, 0.5) is 0 Å². The molecule has 0 radical (unpaired) electrons. The molecule has 0 bridgehead atoms. The molecule has 112 valence electrons. The zero-order valence-corrected chi connectivity index (χ0v) is 15.1. The Balaban J connectivity index is 3.33. The maximum absolute atomic E-state index is 12.3. The number of carbonyl (C=O) groups is 1. The van der Waals surface area contributed by atoms with E-state index in [2.05, 4.69) is 15.9 Å². The highest BCUT2D eigenvalue weighted by Gasteiger charge is 2.24. The third kappa shape index (κ3) is 4.35. The molecule has 0 spiro atoms. The minimum atomic E-state index is -4.02. The second-order valence-electron chi connectivity index (χ2n) is 4.78. The summed E-state index contributed by atoms with van der Waals surface area (Å²) in [7, 11) is 2.93. The Morgan fingerprint density at radius 2 is 1.95 bits per heavy atom. The Hall–Kier alpha value is -0.300. The summed E-state index contributed by atoms with van der Waals surface area (Å²) in [6, 6.07) is 2.75. The molecule has 0 heterocycles. The molecule has 1 rings (SSSR count). The number of nitrogens with zero attached hydrogens (tertiary/aromatic N) is 1. The highest BCUT2D eigenvalue weighted by molar-refractivity contribution is 9.10. The molecule has 8 heteroatoms. The molecule has 0 fully saturated rings. The van der Waals surface area contributed by atoms with E-state index in [1.54, 1.807) is 7.05 Å². The lowest BCUT2D eigenvalue weighted by Gasteiger charge is -2.20. The molecule has 0 aromatic heterocycles. The van der Waals surface area contributed by atoms with E-state index in [-0.39, 0.29) is 27.3 Å². The van der Waals surface area contributed by atoms with Crippen molar-refractivity contribution in [3.8, 4) is 0 Å². The summed E-state index contributed by atoms with van der Waals surface area (Å²) in [5.41, 5.74) is 0.100. The maximum Gasteiger partial charge on any atom is 0.262 e. The van der Waals surface area contributed by atoms with E-state index in [0.29, 0.717) is 11.0 Å². The average Bonchev–Trinajstić information content (AvgIpc) is 2.28. The predicted octanol–water partition coefficient (Wildman–Crippen LogP) is 3.76. The normalized spacial score (nSPS) is 11.8. The Bertz CT molecular complexity index is 632. The largest absolute Gasteiger partial charge is 0.341 e. The molecule has 4 nitrogen and oxygen atoms in total. The summed E-state index contributed by atoms with van der Waals surface area (Å²) in [5, 5.41) is -0.163. The molecule has 0 atom stereocenters. The fraction of sp³-hybridized carbons (Fsp3) is 0.417. The van der Waals surface area contributed by atoms with Crippen LogP contribution < -0.4 is 0 Å². The lowest BCUT2D eigenvalue weighted by atomic mass is 10.1. The molecule has 1 aromatic rings. The number of rotatable bonds is 4. The molecule has 0 aliphatic rings. The van der Waals surface area contributed by atoms with Crippen molar-refractivity contribution in [2.75, 3.05) is 13.6 Å². The average molecular weight is 403 g/mol. The van der Waals surface area contributed by atoms with Crippen molar-refractivity contribution in [3.05, 3.63) is 27.2 Å². The number of carbonyl (C=O) groups excluding carboxylic acids is 1. The van der Waals surface area contributed by atoms with Gasteiger partial charge in [-0.15, -0.1) is 0 Å². The van der Waals surface area contributed by atoms with Crippen LogP contribution in [0.5, 0.6) is 0 Å². The van der Waals surface area contributed by atoms with Gasteiger partial charge in [0.15, 0.2) is 0 Å². The van der Waals surface area contributed by atoms with Gasteiger partial charge >= 0.3 is 0 Å². The van der Waals surface area contributed by atoms with Crippen LogP contribution in [0, 0.1) is 5.92 Å². The summed E-state index contributed by atoms with van der Waals surface area (Å²) < 4.78 is 23.3. The van der Waals surface area contributed by atoms with Crippen LogP contribution in [0.1, 0.15) is 24.2 Å². The zero-order chi connectivity index (χ0) is 15.7. The van der Waals surface area contributed by atoms with E-state index in [1.807, 2.05) is 13.8 Å². The minimum Gasteiger partial charge on any atom is -0.341 e. The summed E-state index contributed by atoms with van der Waals surface area (Å²) in [4.78, 5) is 13.5. The zero-order valence-electron chi connectivity index (χ0n) is 11.2. The molecule has 1 aromatic carbocycles. The lowest BCUT2D eigenvalue weighted by molar-refractivity contribution is 0.0779. The first-order valence-corrected chi connectivity index (χ1v) is 9.21. The molecular weight excluding hydrogens is 389 g/mol. The summed E-state index contributed by atoms with van der Waals surface area (Å²) in [5.74, 6) is -0.0716. The maximum atomic E-state index is 12.3. The van der Waals surface area contributed by atoms with Crippen molar-refractivity contribution in [3.63, 3.8) is 0 Å². The quantitative estimate of drug-likeness (QED) is 0.720. The second-order valence-corrected chi connectivity index (χ2v) is 8.61. The molecule has 0 unspecified atom stereocenters. The van der Waals surface area contributed by atoms with Crippen LogP contribution in [0.3, 0.4) is 0 Å². The molecule has 0 N–H and O–H groups in total. The Morgan fingerprint density at radius 1 is 1.40 bits per heavy atom. The molecule has 0 saturated carbocycles. The van der Waals surface area contributed by atoms with Gasteiger partial charge in [-0.05, 0) is 18.1 Å². The van der Waals surface area contributed by atoms with Gasteiger partial charge in [0, 0.05) is 28.7 Å². The van der Waals surface area contributed by atoms with E-state index in [0.717, 1.165) is 0 Å². The van der Waals surface area contributed by atoms with Gasteiger partial charge < -0.3 is 4.90 Å². The van der Waals surface area contributed by atoms with E-state index >= 15 is 0 Å². The van der Waals surface area contributed by atoms with Crippen molar-refractivity contribution in [2.45, 2.75) is 18.7 Å². The number of hydrogen-bond acceptors (Lipinski definition) is 3. The summed E-state index contributed by atoms with van der Waals surface area (Å²) in [6.07, 6.45) is 0. The molecule has 0 aliphatic carbocycles. The molecule has 1 amide bonds. The highest BCUT2D eigenvalue weighted by Crippen LogP contribution is 2.32. The fourth-order valence-corrected chi connectivity index (χ4v) is 3.91. The molecule has 0 saturated heterocycles. The third-order valence-corrected chi connectivity index (χ3v) is 4.81. The highest BCUT2D eigenvalue weighted by atomic mass is 79.9. The van der Waals surface area contributed by atoms with Gasteiger partial charge in [0.25, 0.3) is 15.0 Å². The topological polar surface area (TPSA) is 54.5 Å². The first-order valence-electron chi connectivity index (χ1n) is 5.73. The van der Waals surface area contributed by atoms with Crippen LogP contribution in [-0.4, -0.2) is 32.8 Å². The molecular formula is C12H14BrCl2NO3S. The van der Waals surface area contributed by atoms with E-state index in [4.69, 9.17) is 22.3 Å². The Kier molecular flexibility index (Phi) is 5.89. The SMILES string of the molecule is CC(C)CN(C)C(=O)c1cc(Br)cc(S(=O)(=O)Cl)c1Cl. The van der Waals surface area contributed by atoms with E-state index in [9.17, 15) is 13.2 Å². The monoisotopic (exact) mass is 401 g/mol. The van der Waals surface area contributed by atoms with Gasteiger partial charge in [0.1, 0.15) is 4.90 Å². The molecule has 0 aliphatic heterocycles. The van der Waals surface area contributed by atoms with E-state index in [1.165, 1.54) is 17.0 Å². The number of hydrogen-bond donors (Lipinski definition) is 0. The van der Waals surface area contributed by atoms with Gasteiger partial charge in [-0.25, -0.2) is 8.42 Å². The van der Waals surface area contributed by atoms with Crippen LogP contribution in [0.25, 0.3) is 0 Å². The van der Waals surface area contributed by atoms with Crippen molar-refractivity contribution < 1.29 is 13.2 Å². The standard InChI is InChI=1S/C12H14BrCl2NO3S/c1-7(2)6-16(3)12(17)9-4-8(13)5-10(11(9)14)20(15,18)19/h4-5,7H,6H2,1-3H3. The first kappa shape index (κ1) is 17.8. The van der Waals surface area contributed by atoms with E-state index < -0.39 is 9.05 Å². The van der Waals surface area contributed by atoms with Crippen LogP contribution in [0.15, 0.2) is 21.5 Å². The van der Waals surface area contributed by atoms with Crippen LogP contribution in [0.2, 0.25) is 5.02 Å². The van der Waals surface area contributed by atoms with Gasteiger partial charge in [-0.2, -0.15) is 0 Å². The predicted molar refractivity (Wildman–Crippen MR) is 84.0 cm³/mol. The number of benzene rings is 1. The van der Waals surface area contributed by atoms with Gasteiger partial charge in [-0.3, -0.25) is 4.79 Å². The number of halogens is 3. The fourth-order valence-electron chi connectivity index (χ4n) is 1.73. The van der Waals surface area contributed by atoms with Gasteiger partial charge in [0.2, 0.25) is 0 Å². The van der Waals surface area contributed by atoms with Gasteiger partial charge in [-0.1, -0.05) is 41.4 Å². The molecule has 20 heavy (non-hydrogen) atoms. The summed E-state index contributed by atoms with van der Waals surface area (Å²) >= 11 is 9.16. The van der Waals surface area contributed by atoms with Crippen molar-refractivity contribution in [1.29, 1.82) is 0 Å². The summed E-state index contributed by atoms with van der Waals surface area (Å²) in [6.45, 7) is 4.48. The van der Waals surface area contributed by atoms with Crippen molar-refractivity contribution >= 4 is 53.2 Å². The third-order valence-electron chi connectivity index (χ3n) is 2.48. The smallest absolute Gasteiger partial charge is 0.262 e. The van der Waals surface area contributed by atoms with Crippen molar-refractivity contribution in [2.24, 2.45) is 5.92 Å². The number of amides is 1. The Labute approximate surface area is 136 Å². The van der Waals surface area contributed by atoms with Crippen LogP contribution in [-0.2, 0) is 9.05 Å². The lowest BCUT2D eigenvalue weighted by Crippen LogP contribution is -2.30. The minimum absolute atomic E-state index is 0.100. The van der Waals surface area contributed by atoms with Crippen LogP contribution >= 0.6 is 38.2 Å². The second kappa shape index (κ2) is 6.64. The van der Waals surface area contributed by atoms with Gasteiger partial charge in [0.05, 0.1) is 10.6 Å². The first-order chi connectivity index (χ1) is 9.04. The Morgan fingerprint density at radius 3 is 2.40 bits per heavy atom.